The highest BCUT2D eigenvalue weighted by Gasteiger charge is 2.17. The van der Waals surface area contributed by atoms with Crippen molar-refractivity contribution in [3.63, 3.8) is 0 Å². The molecule has 0 saturated heterocycles. The van der Waals surface area contributed by atoms with E-state index in [0.29, 0.717) is 0 Å². The Labute approximate surface area is 164 Å². The predicted molar refractivity (Wildman–Crippen MR) is 119 cm³/mol. The van der Waals surface area contributed by atoms with E-state index in [1.807, 2.05) is 6.07 Å². The summed E-state index contributed by atoms with van der Waals surface area (Å²) >= 11 is 0. The summed E-state index contributed by atoms with van der Waals surface area (Å²) in [7, 11) is 1.72. The Morgan fingerprint density at radius 1 is 0.464 bits per heavy atom. The highest BCUT2D eigenvalue weighted by Crippen LogP contribution is 2.44. The van der Waals surface area contributed by atoms with Gasteiger partial charge in [-0.1, -0.05) is 91.0 Å². The summed E-state index contributed by atoms with van der Waals surface area (Å²) in [6.07, 6.45) is 0. The zero-order valence-electron chi connectivity index (χ0n) is 15.7. The first-order valence-electron chi connectivity index (χ1n) is 9.50. The molecule has 0 bridgehead atoms. The Hall–Kier alpha value is -3.58. The van der Waals surface area contributed by atoms with Gasteiger partial charge >= 0.3 is 0 Å². The first-order valence-corrected chi connectivity index (χ1v) is 9.50. The van der Waals surface area contributed by atoms with Crippen LogP contribution >= 0.6 is 0 Å². The van der Waals surface area contributed by atoms with Gasteiger partial charge in [0.25, 0.3) is 0 Å². The van der Waals surface area contributed by atoms with E-state index in [1.165, 1.54) is 43.8 Å². The van der Waals surface area contributed by atoms with Crippen LogP contribution in [0, 0.1) is 0 Å². The van der Waals surface area contributed by atoms with Crippen LogP contribution in [0.1, 0.15) is 0 Å². The summed E-state index contributed by atoms with van der Waals surface area (Å²) in [4.78, 5) is 0. The molecule has 134 valence electrons. The number of hydrogen-bond donors (Lipinski definition) is 0. The lowest BCUT2D eigenvalue weighted by Gasteiger charge is -2.18. The van der Waals surface area contributed by atoms with Crippen molar-refractivity contribution in [3.8, 4) is 28.0 Å². The summed E-state index contributed by atoms with van der Waals surface area (Å²) in [5, 5.41) is 5.08. The van der Waals surface area contributed by atoms with E-state index in [4.69, 9.17) is 4.74 Å². The molecule has 0 heterocycles. The molecule has 1 nitrogen and oxygen atoms in total. The molecular weight excluding hydrogens is 340 g/mol. The van der Waals surface area contributed by atoms with Crippen LogP contribution in [0.15, 0.2) is 103 Å². The van der Waals surface area contributed by atoms with Gasteiger partial charge in [-0.25, -0.2) is 0 Å². The molecule has 0 aliphatic heterocycles. The first-order chi connectivity index (χ1) is 13.9. The summed E-state index contributed by atoms with van der Waals surface area (Å²) in [6.45, 7) is 0. The van der Waals surface area contributed by atoms with Gasteiger partial charge in [-0.2, -0.15) is 0 Å². The van der Waals surface area contributed by atoms with Gasteiger partial charge in [0.2, 0.25) is 0 Å². The summed E-state index contributed by atoms with van der Waals surface area (Å²) < 4.78 is 5.52. The van der Waals surface area contributed by atoms with E-state index in [-0.39, 0.29) is 0 Å². The fourth-order valence-corrected chi connectivity index (χ4v) is 4.12. The molecule has 0 atom stereocenters. The Balaban J connectivity index is 2.02. The smallest absolute Gasteiger partial charge is 0.119 e. The van der Waals surface area contributed by atoms with E-state index in [9.17, 15) is 0 Å². The van der Waals surface area contributed by atoms with E-state index in [1.54, 1.807) is 7.11 Å². The molecule has 0 aliphatic rings. The van der Waals surface area contributed by atoms with Crippen molar-refractivity contribution >= 4 is 21.5 Å². The molecule has 0 aromatic heterocycles. The third kappa shape index (κ3) is 2.64. The average molecular weight is 360 g/mol. The number of ether oxygens (including phenoxy) is 1. The monoisotopic (exact) mass is 360 g/mol. The Kier molecular flexibility index (Phi) is 4.06. The van der Waals surface area contributed by atoms with Crippen molar-refractivity contribution in [1.29, 1.82) is 0 Å². The Morgan fingerprint density at radius 3 is 1.57 bits per heavy atom. The molecule has 1 heteroatoms. The maximum absolute atomic E-state index is 5.52. The largest absolute Gasteiger partial charge is 0.497 e. The maximum Gasteiger partial charge on any atom is 0.119 e. The Bertz CT molecular complexity index is 1290. The van der Waals surface area contributed by atoms with Crippen LogP contribution in [0.2, 0.25) is 0 Å². The van der Waals surface area contributed by atoms with Crippen molar-refractivity contribution in [1.82, 2.24) is 0 Å². The molecule has 5 aromatic carbocycles. The number of benzene rings is 5. The second-order valence-electron chi connectivity index (χ2n) is 6.94. The van der Waals surface area contributed by atoms with Gasteiger partial charge in [0.15, 0.2) is 0 Å². The van der Waals surface area contributed by atoms with Crippen molar-refractivity contribution in [3.05, 3.63) is 103 Å². The van der Waals surface area contributed by atoms with E-state index >= 15 is 0 Å². The van der Waals surface area contributed by atoms with E-state index in [2.05, 4.69) is 97.1 Å². The molecule has 5 rings (SSSR count). The summed E-state index contributed by atoms with van der Waals surface area (Å²) in [5.74, 6) is 0.869. The molecular formula is C27H20O. The number of rotatable bonds is 3. The van der Waals surface area contributed by atoms with Crippen LogP contribution in [0.25, 0.3) is 43.8 Å². The van der Waals surface area contributed by atoms with Crippen LogP contribution < -0.4 is 4.74 Å². The molecule has 5 aromatic rings. The van der Waals surface area contributed by atoms with Gasteiger partial charge in [-0.15, -0.1) is 0 Å². The molecule has 0 fully saturated rings. The fourth-order valence-electron chi connectivity index (χ4n) is 4.12. The van der Waals surface area contributed by atoms with E-state index < -0.39 is 0 Å². The minimum Gasteiger partial charge on any atom is -0.497 e. The molecule has 0 radical (unpaired) electrons. The highest BCUT2D eigenvalue weighted by atomic mass is 16.5. The summed E-state index contributed by atoms with van der Waals surface area (Å²) in [5.41, 5.74) is 4.91. The topological polar surface area (TPSA) is 9.23 Å². The molecule has 28 heavy (non-hydrogen) atoms. The second kappa shape index (κ2) is 6.86. The van der Waals surface area contributed by atoms with Gasteiger partial charge in [0.05, 0.1) is 7.11 Å². The van der Waals surface area contributed by atoms with Gasteiger partial charge in [0.1, 0.15) is 5.75 Å². The highest BCUT2D eigenvalue weighted by molar-refractivity contribution is 6.21. The fraction of sp³-hybridized carbons (Fsp3) is 0.0370. The van der Waals surface area contributed by atoms with Crippen molar-refractivity contribution in [2.75, 3.05) is 7.11 Å². The van der Waals surface area contributed by atoms with Gasteiger partial charge in [-0.05, 0) is 55.9 Å². The average Bonchev–Trinajstić information content (AvgIpc) is 2.78. The van der Waals surface area contributed by atoms with Crippen molar-refractivity contribution < 1.29 is 4.74 Å². The Morgan fingerprint density at radius 2 is 0.964 bits per heavy atom. The standard InChI is InChI=1S/C27H20O/c1-28-21-13-9-12-20(18-21)27-25-17-8-6-15-23(25)22-14-5-7-16-24(22)26(27)19-10-3-2-4-11-19/h2-18H,1H3. The predicted octanol–water partition coefficient (Wildman–Crippen LogP) is 7.34. The minimum absolute atomic E-state index is 0.869. The molecule has 0 aliphatic carbocycles. The van der Waals surface area contributed by atoms with Gasteiger partial charge in [-0.3, -0.25) is 0 Å². The molecule has 0 spiro atoms. The molecule has 0 amide bonds. The zero-order chi connectivity index (χ0) is 18.9. The number of methoxy groups -OCH3 is 1. The minimum atomic E-state index is 0.869. The second-order valence-corrected chi connectivity index (χ2v) is 6.94. The zero-order valence-corrected chi connectivity index (χ0v) is 15.7. The third-order valence-electron chi connectivity index (χ3n) is 5.35. The quantitative estimate of drug-likeness (QED) is 0.306. The lowest BCUT2D eigenvalue weighted by molar-refractivity contribution is 0.415. The van der Waals surface area contributed by atoms with Crippen LogP contribution in [0.4, 0.5) is 0 Å². The van der Waals surface area contributed by atoms with Crippen molar-refractivity contribution in [2.45, 2.75) is 0 Å². The lowest BCUT2D eigenvalue weighted by Crippen LogP contribution is -1.92. The maximum atomic E-state index is 5.52. The van der Waals surface area contributed by atoms with Crippen LogP contribution in [-0.2, 0) is 0 Å². The number of hydrogen-bond acceptors (Lipinski definition) is 1. The van der Waals surface area contributed by atoms with Crippen LogP contribution in [0.5, 0.6) is 5.75 Å². The SMILES string of the molecule is COc1cccc(-c2c(-c3ccccc3)c3ccccc3c3ccccc23)c1. The van der Waals surface area contributed by atoms with Crippen LogP contribution in [-0.4, -0.2) is 7.11 Å². The number of fused-ring (bicyclic) bond motifs is 3. The normalized spacial score (nSPS) is 11.0. The molecule has 0 saturated carbocycles. The summed E-state index contributed by atoms with van der Waals surface area (Å²) in [6, 6.07) is 36.4. The van der Waals surface area contributed by atoms with Crippen molar-refractivity contribution in [2.24, 2.45) is 0 Å². The van der Waals surface area contributed by atoms with Gasteiger partial charge < -0.3 is 4.74 Å². The molecule has 0 unspecified atom stereocenters. The third-order valence-corrected chi connectivity index (χ3v) is 5.35. The van der Waals surface area contributed by atoms with E-state index in [0.717, 1.165) is 5.75 Å². The first kappa shape index (κ1) is 16.6. The van der Waals surface area contributed by atoms with Crippen LogP contribution in [0.3, 0.4) is 0 Å². The molecule has 0 N–H and O–H groups in total. The van der Waals surface area contributed by atoms with Gasteiger partial charge in [0, 0.05) is 0 Å². The lowest BCUT2D eigenvalue weighted by atomic mass is 9.85.